The smallest absolute Gasteiger partial charge is 0.159 e. The Labute approximate surface area is 137 Å². The zero-order valence-corrected chi connectivity index (χ0v) is 13.7. The van der Waals surface area contributed by atoms with E-state index in [1.54, 1.807) is 0 Å². The maximum atomic E-state index is 6.27. The summed E-state index contributed by atoms with van der Waals surface area (Å²) in [5, 5.41) is 2.29. The molecular formula is C19H19BN2O. The summed E-state index contributed by atoms with van der Waals surface area (Å²) in [5.41, 5.74) is 2.49. The Kier molecular flexibility index (Phi) is 2.99. The molecule has 0 saturated heterocycles. The molecule has 23 heavy (non-hydrogen) atoms. The third-order valence-corrected chi connectivity index (χ3v) is 4.52. The van der Waals surface area contributed by atoms with Gasteiger partial charge in [-0.1, -0.05) is 44.2 Å². The molecule has 114 valence electrons. The van der Waals surface area contributed by atoms with Gasteiger partial charge in [-0.25, -0.2) is 0 Å². The van der Waals surface area contributed by atoms with Crippen LogP contribution in [0.25, 0.3) is 21.9 Å². The van der Waals surface area contributed by atoms with Gasteiger partial charge in [0, 0.05) is 23.2 Å². The fourth-order valence-corrected chi connectivity index (χ4v) is 3.42. The number of furan rings is 1. The molecule has 0 fully saturated rings. The minimum Gasteiger partial charge on any atom is -0.454 e. The SMILES string of the molecule is [B]C(C)(C)N1C=CN(c2cccc3c2oc2ccccc23)C1C. The lowest BCUT2D eigenvalue weighted by atomic mass is 9.80. The summed E-state index contributed by atoms with van der Waals surface area (Å²) in [6, 6.07) is 14.4. The van der Waals surface area contributed by atoms with Gasteiger partial charge in [0.05, 0.1) is 5.69 Å². The van der Waals surface area contributed by atoms with E-state index in [4.69, 9.17) is 12.3 Å². The van der Waals surface area contributed by atoms with Crippen LogP contribution in [0.15, 0.2) is 59.3 Å². The lowest BCUT2D eigenvalue weighted by molar-refractivity contribution is 0.228. The molecule has 1 atom stereocenters. The third kappa shape index (κ3) is 2.13. The predicted molar refractivity (Wildman–Crippen MR) is 96.5 cm³/mol. The van der Waals surface area contributed by atoms with Crippen LogP contribution in [0.3, 0.4) is 0 Å². The number of nitrogens with zero attached hydrogens (tertiary/aromatic N) is 2. The Hall–Kier alpha value is -2.36. The van der Waals surface area contributed by atoms with Crippen molar-refractivity contribution < 1.29 is 4.42 Å². The molecule has 4 rings (SSSR count). The fourth-order valence-electron chi connectivity index (χ4n) is 3.42. The Morgan fingerprint density at radius 1 is 1.00 bits per heavy atom. The van der Waals surface area contributed by atoms with Crippen LogP contribution >= 0.6 is 0 Å². The average Bonchev–Trinajstić information content (AvgIpc) is 3.07. The van der Waals surface area contributed by atoms with Crippen LogP contribution in [-0.2, 0) is 0 Å². The number of hydrogen-bond donors (Lipinski definition) is 0. The van der Waals surface area contributed by atoms with E-state index in [2.05, 4.69) is 47.2 Å². The summed E-state index contributed by atoms with van der Waals surface area (Å²) in [7, 11) is 6.27. The van der Waals surface area contributed by atoms with E-state index >= 15 is 0 Å². The molecule has 1 aliphatic rings. The van der Waals surface area contributed by atoms with Crippen molar-refractivity contribution in [2.45, 2.75) is 32.4 Å². The second-order valence-corrected chi connectivity index (χ2v) is 6.65. The summed E-state index contributed by atoms with van der Waals surface area (Å²) in [6.45, 7) is 6.17. The average molecular weight is 302 g/mol. The topological polar surface area (TPSA) is 19.6 Å². The van der Waals surface area contributed by atoms with E-state index in [1.165, 1.54) is 0 Å². The standard InChI is InChI=1S/C19H19BN2O/c1-13-21(11-12-22(13)19(2,3)20)16-9-6-8-15-14-7-4-5-10-17(14)23-18(15)16/h4-13H,1-3H3. The quantitative estimate of drug-likeness (QED) is 0.653. The van der Waals surface area contributed by atoms with Crippen LogP contribution in [-0.4, -0.2) is 24.4 Å². The van der Waals surface area contributed by atoms with E-state index in [9.17, 15) is 0 Å². The molecule has 0 aliphatic carbocycles. The maximum absolute atomic E-state index is 6.27. The van der Waals surface area contributed by atoms with Gasteiger partial charge in [0.15, 0.2) is 5.58 Å². The van der Waals surface area contributed by atoms with Crippen molar-refractivity contribution >= 4 is 35.5 Å². The van der Waals surface area contributed by atoms with Crippen LogP contribution in [0.4, 0.5) is 5.69 Å². The van der Waals surface area contributed by atoms with Crippen molar-refractivity contribution in [2.24, 2.45) is 0 Å². The van der Waals surface area contributed by atoms with Gasteiger partial charge in [0.25, 0.3) is 0 Å². The van der Waals surface area contributed by atoms with Crippen LogP contribution in [0, 0.1) is 0 Å². The van der Waals surface area contributed by atoms with Gasteiger partial charge in [-0.05, 0) is 24.5 Å². The number of anilines is 1. The zero-order valence-electron chi connectivity index (χ0n) is 13.7. The van der Waals surface area contributed by atoms with Crippen molar-refractivity contribution in [3.63, 3.8) is 0 Å². The second-order valence-electron chi connectivity index (χ2n) is 6.65. The summed E-state index contributed by atoms with van der Waals surface area (Å²) < 4.78 is 6.14. The molecule has 1 aromatic heterocycles. The van der Waals surface area contributed by atoms with Gasteiger partial charge in [0.1, 0.15) is 19.6 Å². The minimum absolute atomic E-state index is 0.133. The van der Waals surface area contributed by atoms with Gasteiger partial charge in [-0.2, -0.15) is 0 Å². The fraction of sp³-hybridized carbons (Fsp3) is 0.263. The first-order valence-electron chi connectivity index (χ1n) is 7.91. The number of fused-ring (bicyclic) bond motifs is 3. The molecule has 3 aromatic rings. The molecule has 0 amide bonds. The number of benzene rings is 2. The monoisotopic (exact) mass is 302 g/mol. The summed E-state index contributed by atoms with van der Waals surface area (Å²) >= 11 is 0. The van der Waals surface area contributed by atoms with Crippen molar-refractivity contribution in [3.8, 4) is 0 Å². The van der Waals surface area contributed by atoms with Gasteiger partial charge < -0.3 is 14.2 Å². The number of rotatable bonds is 2. The predicted octanol–water partition coefficient (Wildman–Crippen LogP) is 4.43. The molecule has 2 radical (unpaired) electrons. The molecule has 1 aliphatic heterocycles. The van der Waals surface area contributed by atoms with E-state index in [0.29, 0.717) is 0 Å². The highest BCUT2D eigenvalue weighted by Gasteiger charge is 2.31. The normalized spacial score (nSPS) is 18.5. The van der Waals surface area contributed by atoms with Crippen LogP contribution in [0.2, 0.25) is 0 Å². The van der Waals surface area contributed by atoms with Crippen molar-refractivity contribution in [3.05, 3.63) is 54.9 Å². The Balaban J connectivity index is 1.86. The van der Waals surface area contributed by atoms with E-state index in [0.717, 1.165) is 27.6 Å². The molecule has 2 aromatic carbocycles. The Morgan fingerprint density at radius 2 is 1.74 bits per heavy atom. The number of hydrogen-bond acceptors (Lipinski definition) is 3. The first-order valence-corrected chi connectivity index (χ1v) is 7.91. The highest BCUT2D eigenvalue weighted by molar-refractivity contribution is 6.15. The lowest BCUT2D eigenvalue weighted by Gasteiger charge is -2.39. The highest BCUT2D eigenvalue weighted by Crippen LogP contribution is 2.38. The van der Waals surface area contributed by atoms with Crippen molar-refractivity contribution in [1.29, 1.82) is 0 Å². The van der Waals surface area contributed by atoms with Gasteiger partial charge >= 0.3 is 0 Å². The molecule has 0 N–H and O–H groups in total. The lowest BCUT2D eigenvalue weighted by Crippen LogP contribution is -2.48. The van der Waals surface area contributed by atoms with E-state index < -0.39 is 5.44 Å². The molecule has 0 bridgehead atoms. The summed E-state index contributed by atoms with van der Waals surface area (Å²) in [5.74, 6) is 0. The van der Waals surface area contributed by atoms with E-state index in [-0.39, 0.29) is 6.17 Å². The van der Waals surface area contributed by atoms with E-state index in [1.807, 2.05) is 38.2 Å². The van der Waals surface area contributed by atoms with Gasteiger partial charge in [-0.15, -0.1) is 0 Å². The Bertz CT molecular complexity index is 907. The molecule has 0 spiro atoms. The summed E-state index contributed by atoms with van der Waals surface area (Å²) in [6.07, 6.45) is 4.25. The number of para-hydroxylation sites is 2. The van der Waals surface area contributed by atoms with Crippen LogP contribution in [0.5, 0.6) is 0 Å². The van der Waals surface area contributed by atoms with Gasteiger partial charge in [-0.3, -0.25) is 0 Å². The molecule has 0 saturated carbocycles. The van der Waals surface area contributed by atoms with Crippen molar-refractivity contribution in [2.75, 3.05) is 4.90 Å². The Morgan fingerprint density at radius 3 is 2.48 bits per heavy atom. The maximum Gasteiger partial charge on any atom is 0.159 e. The minimum atomic E-state index is -0.410. The molecule has 3 nitrogen and oxygen atoms in total. The van der Waals surface area contributed by atoms with Crippen molar-refractivity contribution in [1.82, 2.24) is 4.90 Å². The first kappa shape index (κ1) is 14.3. The largest absolute Gasteiger partial charge is 0.454 e. The molecular weight excluding hydrogens is 283 g/mol. The molecule has 1 unspecified atom stereocenters. The van der Waals surface area contributed by atoms with Crippen LogP contribution in [0.1, 0.15) is 20.8 Å². The second kappa shape index (κ2) is 4.82. The zero-order chi connectivity index (χ0) is 16.2. The highest BCUT2D eigenvalue weighted by atomic mass is 16.3. The third-order valence-electron chi connectivity index (χ3n) is 4.52. The van der Waals surface area contributed by atoms with Crippen LogP contribution < -0.4 is 4.90 Å². The summed E-state index contributed by atoms with van der Waals surface area (Å²) in [4.78, 5) is 4.35. The van der Waals surface area contributed by atoms with Gasteiger partial charge in [0.2, 0.25) is 0 Å². The first-order chi connectivity index (χ1) is 11.0. The molecule has 4 heteroatoms. The molecule has 2 heterocycles.